The van der Waals surface area contributed by atoms with Crippen LogP contribution in [0.5, 0.6) is 0 Å². The van der Waals surface area contributed by atoms with E-state index in [0.29, 0.717) is 19.6 Å². The van der Waals surface area contributed by atoms with E-state index in [4.69, 9.17) is 0 Å². The number of nitrogens with zero attached hydrogens (tertiary/aromatic N) is 1. The van der Waals surface area contributed by atoms with Crippen LogP contribution in [0.2, 0.25) is 0 Å². The number of carbonyl (C=O) groups excluding carboxylic acids is 2. The zero-order valence-electron chi connectivity index (χ0n) is 14.4. The molecule has 0 radical (unpaired) electrons. The van der Waals surface area contributed by atoms with Gasteiger partial charge in [0.05, 0.1) is 13.0 Å². The van der Waals surface area contributed by atoms with Gasteiger partial charge in [0.15, 0.2) is 0 Å². The third kappa shape index (κ3) is 3.51. The fourth-order valence-electron chi connectivity index (χ4n) is 3.88. The summed E-state index contributed by atoms with van der Waals surface area (Å²) in [5.41, 5.74) is 0.788. The molecule has 6 heteroatoms. The number of likely N-dealkylation sites (tertiary alicyclic amines) is 1. The van der Waals surface area contributed by atoms with Crippen molar-refractivity contribution in [1.29, 1.82) is 0 Å². The number of hydrogen-bond acceptors (Lipinski definition) is 3. The molecule has 2 aliphatic rings. The zero-order valence-corrected chi connectivity index (χ0v) is 15.2. The molecule has 1 aromatic carbocycles. The van der Waals surface area contributed by atoms with Crippen molar-refractivity contribution in [3.8, 4) is 0 Å². The van der Waals surface area contributed by atoms with Gasteiger partial charge in [-0.1, -0.05) is 18.2 Å². The Balaban J connectivity index is 1.29. The lowest BCUT2D eigenvalue weighted by Gasteiger charge is -2.17. The molecular weight excluding hydrogens is 351 g/mol. The molecule has 1 aliphatic carbocycles. The molecule has 4 nitrogen and oxygen atoms in total. The second-order valence-electron chi connectivity index (χ2n) is 7.28. The molecule has 2 fully saturated rings. The number of amides is 2. The predicted octanol–water partition coefficient (Wildman–Crippen LogP) is 2.98. The van der Waals surface area contributed by atoms with Crippen molar-refractivity contribution in [3.05, 3.63) is 58.0 Å². The third-order valence-corrected chi connectivity index (χ3v) is 6.41. The summed E-state index contributed by atoms with van der Waals surface area (Å²) in [4.78, 5) is 27.9. The number of nitrogens with one attached hydrogen (secondary N) is 1. The van der Waals surface area contributed by atoms with Crippen LogP contribution >= 0.6 is 11.3 Å². The average Bonchev–Trinajstić information content (AvgIpc) is 2.99. The number of hydrogen-bond donors (Lipinski definition) is 1. The van der Waals surface area contributed by atoms with Gasteiger partial charge in [0, 0.05) is 29.3 Å². The molecule has 0 bridgehead atoms. The average molecular weight is 372 g/mol. The van der Waals surface area contributed by atoms with Gasteiger partial charge in [0.2, 0.25) is 11.8 Å². The summed E-state index contributed by atoms with van der Waals surface area (Å²) in [5, 5.41) is 5.02. The van der Waals surface area contributed by atoms with Crippen LogP contribution in [0.3, 0.4) is 0 Å². The second kappa shape index (κ2) is 6.83. The zero-order chi connectivity index (χ0) is 18.1. The van der Waals surface area contributed by atoms with Crippen LogP contribution in [0.25, 0.3) is 0 Å². The van der Waals surface area contributed by atoms with E-state index in [9.17, 15) is 14.0 Å². The molecule has 0 unspecified atom stereocenters. The summed E-state index contributed by atoms with van der Waals surface area (Å²) >= 11 is 1.64. The van der Waals surface area contributed by atoms with E-state index in [2.05, 4.69) is 5.32 Å². The van der Waals surface area contributed by atoms with Crippen molar-refractivity contribution in [3.63, 3.8) is 0 Å². The van der Waals surface area contributed by atoms with Crippen LogP contribution < -0.4 is 5.32 Å². The number of halogens is 1. The van der Waals surface area contributed by atoms with Crippen molar-refractivity contribution >= 4 is 23.2 Å². The molecule has 1 aromatic heterocycles. The van der Waals surface area contributed by atoms with Crippen LogP contribution in [0.15, 0.2) is 41.8 Å². The SMILES string of the molecule is O=C(NCc1cccs1)[C@@H]1C[C@@]12CCN(C(=O)Cc1ccc(F)cc1)C2. The maximum atomic E-state index is 13.0. The van der Waals surface area contributed by atoms with Crippen LogP contribution in [0, 0.1) is 17.2 Å². The monoisotopic (exact) mass is 372 g/mol. The van der Waals surface area contributed by atoms with Crippen LogP contribution in [-0.4, -0.2) is 29.8 Å². The van der Waals surface area contributed by atoms with Gasteiger partial charge in [-0.2, -0.15) is 0 Å². The first-order chi connectivity index (χ1) is 12.6. The Labute approximate surface area is 156 Å². The fraction of sp³-hybridized carbons (Fsp3) is 0.400. The molecule has 136 valence electrons. The minimum Gasteiger partial charge on any atom is -0.351 e. The predicted molar refractivity (Wildman–Crippen MR) is 98.0 cm³/mol. The first-order valence-electron chi connectivity index (χ1n) is 8.88. The first kappa shape index (κ1) is 17.2. The second-order valence-corrected chi connectivity index (χ2v) is 8.32. The number of thiophene rings is 1. The highest BCUT2D eigenvalue weighted by molar-refractivity contribution is 7.09. The van der Waals surface area contributed by atoms with Gasteiger partial charge in [-0.25, -0.2) is 4.39 Å². The molecule has 26 heavy (non-hydrogen) atoms. The molecule has 2 amide bonds. The number of carbonyl (C=O) groups is 2. The number of benzene rings is 1. The Morgan fingerprint density at radius 3 is 2.81 bits per heavy atom. The minimum absolute atomic E-state index is 0.0195. The first-order valence-corrected chi connectivity index (χ1v) is 9.76. The summed E-state index contributed by atoms with van der Waals surface area (Å²) in [7, 11) is 0. The fourth-order valence-corrected chi connectivity index (χ4v) is 4.52. The van der Waals surface area contributed by atoms with Gasteiger partial charge in [0.1, 0.15) is 5.82 Å². The minimum atomic E-state index is -0.296. The Morgan fingerprint density at radius 2 is 2.08 bits per heavy atom. The Hall–Kier alpha value is -2.21. The van der Waals surface area contributed by atoms with Crippen LogP contribution in [-0.2, 0) is 22.6 Å². The molecule has 1 saturated heterocycles. The van der Waals surface area contributed by atoms with Crippen molar-refractivity contribution in [1.82, 2.24) is 10.2 Å². The molecule has 1 saturated carbocycles. The van der Waals surface area contributed by atoms with Gasteiger partial charge < -0.3 is 10.2 Å². The molecule has 2 aromatic rings. The van der Waals surface area contributed by atoms with Crippen LogP contribution in [0.1, 0.15) is 23.3 Å². The largest absolute Gasteiger partial charge is 0.351 e. The van der Waals surface area contributed by atoms with Gasteiger partial charge in [-0.3, -0.25) is 9.59 Å². The van der Waals surface area contributed by atoms with Crippen molar-refractivity contribution < 1.29 is 14.0 Å². The highest BCUT2D eigenvalue weighted by atomic mass is 32.1. The summed E-state index contributed by atoms with van der Waals surface area (Å²) in [6.07, 6.45) is 2.04. The molecular formula is C20H21FN2O2S. The van der Waals surface area contributed by atoms with Crippen molar-refractivity contribution in [2.75, 3.05) is 13.1 Å². The summed E-state index contributed by atoms with van der Waals surface area (Å²) in [6.45, 7) is 1.94. The summed E-state index contributed by atoms with van der Waals surface area (Å²) in [6, 6.07) is 10.0. The maximum absolute atomic E-state index is 13.0. The lowest BCUT2D eigenvalue weighted by Crippen LogP contribution is -2.32. The molecule has 1 aliphatic heterocycles. The van der Waals surface area contributed by atoms with E-state index in [1.807, 2.05) is 22.4 Å². The lowest BCUT2D eigenvalue weighted by atomic mass is 10.0. The van der Waals surface area contributed by atoms with Crippen LogP contribution in [0.4, 0.5) is 4.39 Å². The third-order valence-electron chi connectivity index (χ3n) is 5.53. The van der Waals surface area contributed by atoms with Gasteiger partial charge in [-0.05, 0) is 42.0 Å². The van der Waals surface area contributed by atoms with E-state index in [0.717, 1.165) is 23.3 Å². The van der Waals surface area contributed by atoms with E-state index < -0.39 is 0 Å². The van der Waals surface area contributed by atoms with Gasteiger partial charge >= 0.3 is 0 Å². The standard InChI is InChI=1S/C20H21FN2O2S/c21-15-5-3-14(4-6-15)10-18(24)23-8-7-20(13-23)11-17(20)19(25)22-12-16-2-1-9-26-16/h1-6,9,17H,7-8,10-13H2,(H,22,25)/t17-,20+/m0/s1. The summed E-state index contributed by atoms with van der Waals surface area (Å²) < 4.78 is 13.0. The molecule has 1 N–H and O–H groups in total. The highest BCUT2D eigenvalue weighted by Gasteiger charge is 2.61. The summed E-state index contributed by atoms with van der Waals surface area (Å²) in [5.74, 6) is -0.119. The normalized spacial score (nSPS) is 24.0. The van der Waals surface area contributed by atoms with Crippen molar-refractivity contribution in [2.24, 2.45) is 11.3 Å². The van der Waals surface area contributed by atoms with E-state index in [1.165, 1.54) is 12.1 Å². The Bertz CT molecular complexity index is 806. The Morgan fingerprint density at radius 1 is 1.27 bits per heavy atom. The highest BCUT2D eigenvalue weighted by Crippen LogP contribution is 2.58. The van der Waals surface area contributed by atoms with Gasteiger partial charge in [0.25, 0.3) is 0 Å². The molecule has 2 atom stereocenters. The maximum Gasteiger partial charge on any atom is 0.227 e. The molecule has 4 rings (SSSR count). The van der Waals surface area contributed by atoms with Crippen molar-refractivity contribution in [2.45, 2.75) is 25.8 Å². The topological polar surface area (TPSA) is 49.4 Å². The Kier molecular flexibility index (Phi) is 4.53. The molecule has 2 heterocycles. The quantitative estimate of drug-likeness (QED) is 0.877. The van der Waals surface area contributed by atoms with E-state index in [-0.39, 0.29) is 35.4 Å². The van der Waals surface area contributed by atoms with E-state index in [1.54, 1.807) is 23.5 Å². The molecule has 1 spiro atoms. The van der Waals surface area contributed by atoms with Gasteiger partial charge in [-0.15, -0.1) is 11.3 Å². The lowest BCUT2D eigenvalue weighted by molar-refractivity contribution is -0.130. The van der Waals surface area contributed by atoms with E-state index >= 15 is 0 Å². The number of rotatable bonds is 5. The smallest absolute Gasteiger partial charge is 0.227 e.